The van der Waals surface area contributed by atoms with Gasteiger partial charge in [0, 0.05) is 28.1 Å². The van der Waals surface area contributed by atoms with Gasteiger partial charge in [0.15, 0.2) is 0 Å². The highest BCUT2D eigenvalue weighted by Gasteiger charge is 2.68. The first-order chi connectivity index (χ1) is 18.8. The average molecular weight is 533 g/mol. The molecule has 0 spiro atoms. The number of imide groups is 1. The number of halogens is 1. The van der Waals surface area contributed by atoms with E-state index in [1.807, 2.05) is 38.1 Å². The fourth-order valence-electron chi connectivity index (χ4n) is 7.08. The summed E-state index contributed by atoms with van der Waals surface area (Å²) in [4.78, 5) is 43.0. The van der Waals surface area contributed by atoms with E-state index in [0.29, 0.717) is 22.0 Å². The van der Waals surface area contributed by atoms with Crippen LogP contribution in [0.5, 0.6) is 0 Å². The zero-order valence-corrected chi connectivity index (χ0v) is 22.2. The second-order valence-electron chi connectivity index (χ2n) is 10.8. The summed E-state index contributed by atoms with van der Waals surface area (Å²) < 4.78 is 0. The van der Waals surface area contributed by atoms with E-state index in [9.17, 15) is 14.4 Å². The van der Waals surface area contributed by atoms with Crippen molar-refractivity contribution >= 4 is 40.7 Å². The summed E-state index contributed by atoms with van der Waals surface area (Å²) in [6.07, 6.45) is 0. The molecule has 8 rings (SSSR count). The SMILES string of the molecule is Cc1c(Cl)cccc1NC(=O)c1cccc(N2C(=O)[C@H]3C4c5ccccc5C(c5ccccc54)[C@]3(C)C2=O)c1. The van der Waals surface area contributed by atoms with Crippen LogP contribution >= 0.6 is 11.6 Å². The molecule has 5 nitrogen and oxygen atoms in total. The Hall–Kier alpha value is -4.22. The summed E-state index contributed by atoms with van der Waals surface area (Å²) >= 11 is 6.22. The van der Waals surface area contributed by atoms with Crippen molar-refractivity contribution in [2.75, 3.05) is 10.2 Å². The Balaban J connectivity index is 1.29. The standard InChI is InChI=1S/C33H25ClN2O3/c1-18-25(34)15-8-16-26(18)35-30(37)19-9-7-10-20(17-19)36-31(38)29-27-21-11-3-5-13-23(21)28(33(29,2)32(36)39)24-14-6-4-12-22(24)27/h3-17,27-29H,1-2H3,(H,35,37)/t27?,28?,29-,33+/m1/s1. The van der Waals surface area contributed by atoms with Gasteiger partial charge in [-0.3, -0.25) is 14.4 Å². The largest absolute Gasteiger partial charge is 0.322 e. The lowest BCUT2D eigenvalue weighted by molar-refractivity contribution is -0.128. The third-order valence-corrected chi connectivity index (χ3v) is 9.31. The summed E-state index contributed by atoms with van der Waals surface area (Å²) in [5, 5.41) is 3.46. The highest BCUT2D eigenvalue weighted by Crippen LogP contribution is 2.67. The maximum absolute atomic E-state index is 14.3. The molecule has 2 bridgehead atoms. The number of anilines is 2. The minimum atomic E-state index is -0.930. The van der Waals surface area contributed by atoms with Gasteiger partial charge in [0.2, 0.25) is 11.8 Å². The van der Waals surface area contributed by atoms with Crippen LogP contribution < -0.4 is 10.2 Å². The predicted molar refractivity (Wildman–Crippen MR) is 151 cm³/mol. The molecular formula is C33H25ClN2O3. The minimum Gasteiger partial charge on any atom is -0.322 e. The summed E-state index contributed by atoms with van der Waals surface area (Å²) in [5.74, 6) is -1.73. The number of hydrogen-bond donors (Lipinski definition) is 1. The molecule has 4 aliphatic rings. The number of nitrogens with one attached hydrogen (secondary N) is 1. The summed E-state index contributed by atoms with van der Waals surface area (Å²) in [5.41, 5.74) is 5.68. The van der Waals surface area contributed by atoms with Crippen LogP contribution in [0.3, 0.4) is 0 Å². The van der Waals surface area contributed by atoms with Crippen LogP contribution in [0.2, 0.25) is 5.02 Å². The van der Waals surface area contributed by atoms with E-state index in [-0.39, 0.29) is 29.6 Å². The van der Waals surface area contributed by atoms with E-state index in [2.05, 4.69) is 29.6 Å². The Labute approximate surface area is 231 Å². The van der Waals surface area contributed by atoms with Crippen molar-refractivity contribution in [1.82, 2.24) is 0 Å². The van der Waals surface area contributed by atoms with Crippen molar-refractivity contribution in [3.8, 4) is 0 Å². The number of benzene rings is 4. The lowest BCUT2D eigenvalue weighted by atomic mass is 9.48. The number of carbonyl (C=O) groups is 3. The smallest absolute Gasteiger partial charge is 0.255 e. The quantitative estimate of drug-likeness (QED) is 0.299. The van der Waals surface area contributed by atoms with E-state index in [1.165, 1.54) is 4.90 Å². The van der Waals surface area contributed by atoms with Crippen LogP contribution in [-0.2, 0) is 9.59 Å². The molecule has 0 radical (unpaired) electrons. The third-order valence-electron chi connectivity index (χ3n) is 8.90. The zero-order chi connectivity index (χ0) is 27.1. The van der Waals surface area contributed by atoms with Crippen LogP contribution in [0.15, 0.2) is 91.0 Å². The van der Waals surface area contributed by atoms with Gasteiger partial charge in [-0.05, 0) is 72.0 Å². The first-order valence-electron chi connectivity index (χ1n) is 13.0. The molecule has 1 aliphatic heterocycles. The van der Waals surface area contributed by atoms with Crippen molar-refractivity contribution in [2.24, 2.45) is 11.3 Å². The monoisotopic (exact) mass is 532 g/mol. The molecule has 192 valence electrons. The van der Waals surface area contributed by atoms with E-state index in [0.717, 1.165) is 27.8 Å². The van der Waals surface area contributed by atoms with Crippen LogP contribution in [0, 0.1) is 18.3 Å². The first-order valence-corrected chi connectivity index (χ1v) is 13.4. The summed E-state index contributed by atoms with van der Waals surface area (Å²) in [6, 6.07) is 28.4. The zero-order valence-electron chi connectivity index (χ0n) is 21.4. The lowest BCUT2D eigenvalue weighted by Crippen LogP contribution is -2.49. The average Bonchev–Trinajstić information content (AvgIpc) is 3.16. The van der Waals surface area contributed by atoms with Gasteiger partial charge in [0.25, 0.3) is 5.91 Å². The van der Waals surface area contributed by atoms with Crippen molar-refractivity contribution in [1.29, 1.82) is 0 Å². The number of hydrogen-bond acceptors (Lipinski definition) is 3. The second-order valence-corrected chi connectivity index (χ2v) is 11.2. The molecule has 39 heavy (non-hydrogen) atoms. The number of nitrogens with zero attached hydrogens (tertiary/aromatic N) is 1. The molecule has 0 saturated carbocycles. The first kappa shape index (κ1) is 23.9. The topological polar surface area (TPSA) is 66.5 Å². The maximum atomic E-state index is 14.3. The highest BCUT2D eigenvalue weighted by molar-refractivity contribution is 6.32. The fraction of sp³-hybridized carbons (Fsp3) is 0.182. The summed E-state index contributed by atoms with van der Waals surface area (Å²) in [6.45, 7) is 3.78. The Bertz CT molecular complexity index is 1680. The number of carbonyl (C=O) groups excluding carboxylic acids is 3. The van der Waals surface area contributed by atoms with Crippen LogP contribution in [-0.4, -0.2) is 17.7 Å². The van der Waals surface area contributed by atoms with E-state index in [4.69, 9.17) is 11.6 Å². The van der Waals surface area contributed by atoms with Gasteiger partial charge < -0.3 is 5.32 Å². The molecule has 6 heteroatoms. The molecule has 1 fully saturated rings. The Morgan fingerprint density at radius 1 is 0.846 bits per heavy atom. The van der Waals surface area contributed by atoms with Crippen molar-refractivity contribution < 1.29 is 14.4 Å². The molecule has 1 saturated heterocycles. The Morgan fingerprint density at radius 2 is 1.46 bits per heavy atom. The van der Waals surface area contributed by atoms with Gasteiger partial charge >= 0.3 is 0 Å². The van der Waals surface area contributed by atoms with Gasteiger partial charge in [-0.15, -0.1) is 0 Å². The van der Waals surface area contributed by atoms with Gasteiger partial charge in [-0.2, -0.15) is 0 Å². The molecule has 0 unspecified atom stereocenters. The normalized spacial score (nSPS) is 24.3. The van der Waals surface area contributed by atoms with Gasteiger partial charge in [-0.25, -0.2) is 4.90 Å². The second kappa shape index (κ2) is 8.39. The molecular weight excluding hydrogens is 508 g/mol. The summed E-state index contributed by atoms with van der Waals surface area (Å²) in [7, 11) is 0. The molecule has 0 aromatic heterocycles. The molecule has 3 aliphatic carbocycles. The molecule has 3 amide bonds. The van der Waals surface area contributed by atoms with Gasteiger partial charge in [0.05, 0.1) is 17.0 Å². The van der Waals surface area contributed by atoms with Crippen molar-refractivity contribution in [3.05, 3.63) is 129 Å². The number of amides is 3. The minimum absolute atomic E-state index is 0.203. The van der Waals surface area contributed by atoms with Crippen molar-refractivity contribution in [2.45, 2.75) is 25.7 Å². The van der Waals surface area contributed by atoms with Crippen LogP contribution in [0.25, 0.3) is 0 Å². The van der Waals surface area contributed by atoms with Crippen LogP contribution in [0.1, 0.15) is 56.9 Å². The van der Waals surface area contributed by atoms with Crippen LogP contribution in [0.4, 0.5) is 11.4 Å². The third kappa shape index (κ3) is 3.17. The molecule has 1 heterocycles. The molecule has 4 aromatic rings. The van der Waals surface area contributed by atoms with Gasteiger partial charge in [-0.1, -0.05) is 72.3 Å². The molecule has 2 atom stereocenters. The Morgan fingerprint density at radius 3 is 2.13 bits per heavy atom. The molecule has 4 aromatic carbocycles. The highest BCUT2D eigenvalue weighted by atomic mass is 35.5. The maximum Gasteiger partial charge on any atom is 0.255 e. The fourth-order valence-corrected chi connectivity index (χ4v) is 7.26. The van der Waals surface area contributed by atoms with E-state index < -0.39 is 11.3 Å². The lowest BCUT2D eigenvalue weighted by Gasteiger charge is -2.51. The predicted octanol–water partition coefficient (Wildman–Crippen LogP) is 6.69. The van der Waals surface area contributed by atoms with E-state index >= 15 is 0 Å². The van der Waals surface area contributed by atoms with E-state index in [1.54, 1.807) is 42.5 Å². The van der Waals surface area contributed by atoms with Gasteiger partial charge in [0.1, 0.15) is 0 Å². The van der Waals surface area contributed by atoms with Crippen molar-refractivity contribution in [3.63, 3.8) is 0 Å². The number of rotatable bonds is 3. The Kier molecular flexibility index (Phi) is 5.13. The molecule has 1 N–H and O–H groups in total.